The molecule has 2 heteroatoms. The third kappa shape index (κ3) is 3.39. The molecule has 0 spiro atoms. The van der Waals surface area contributed by atoms with Gasteiger partial charge in [0, 0.05) is 0 Å². The van der Waals surface area contributed by atoms with E-state index in [0.29, 0.717) is 5.92 Å². The van der Waals surface area contributed by atoms with Gasteiger partial charge in [-0.15, -0.1) is 0 Å². The van der Waals surface area contributed by atoms with Crippen LogP contribution in [0.3, 0.4) is 0 Å². The van der Waals surface area contributed by atoms with Gasteiger partial charge in [-0.3, -0.25) is 4.79 Å². The Balaban J connectivity index is 2.80. The standard InChI is InChI=1S/C13H18O2/c1-3-10(2)9-12(13(14)15)11-7-5-4-6-8-11/h4-8,10,12H,3,9H2,1-2H3,(H,14,15). The van der Waals surface area contributed by atoms with E-state index in [-0.39, 0.29) is 5.92 Å². The Hall–Kier alpha value is -1.31. The maximum absolute atomic E-state index is 11.2. The number of hydrogen-bond donors (Lipinski definition) is 1. The molecule has 0 heterocycles. The SMILES string of the molecule is CCC(C)CC(C(=O)O)c1ccccc1. The lowest BCUT2D eigenvalue weighted by Crippen LogP contribution is -2.14. The van der Waals surface area contributed by atoms with E-state index < -0.39 is 5.97 Å². The van der Waals surface area contributed by atoms with Crippen molar-refractivity contribution in [3.63, 3.8) is 0 Å². The van der Waals surface area contributed by atoms with E-state index in [1.807, 2.05) is 30.3 Å². The second-order valence-corrected chi connectivity index (χ2v) is 4.05. The molecule has 1 rings (SSSR count). The van der Waals surface area contributed by atoms with E-state index in [2.05, 4.69) is 13.8 Å². The third-order valence-electron chi connectivity index (χ3n) is 2.84. The van der Waals surface area contributed by atoms with E-state index in [4.69, 9.17) is 0 Å². The highest BCUT2D eigenvalue weighted by atomic mass is 16.4. The average Bonchev–Trinajstić information content (AvgIpc) is 2.26. The van der Waals surface area contributed by atoms with Crippen LogP contribution in [-0.4, -0.2) is 11.1 Å². The highest BCUT2D eigenvalue weighted by Crippen LogP contribution is 2.25. The van der Waals surface area contributed by atoms with Crippen LogP contribution in [0.25, 0.3) is 0 Å². The highest BCUT2D eigenvalue weighted by Gasteiger charge is 2.21. The van der Waals surface area contributed by atoms with Gasteiger partial charge >= 0.3 is 5.97 Å². The van der Waals surface area contributed by atoms with Gasteiger partial charge in [0.05, 0.1) is 5.92 Å². The summed E-state index contributed by atoms with van der Waals surface area (Å²) >= 11 is 0. The van der Waals surface area contributed by atoms with Crippen molar-refractivity contribution in [1.82, 2.24) is 0 Å². The molecule has 1 aromatic carbocycles. The molecule has 0 bridgehead atoms. The van der Waals surface area contributed by atoms with Crippen molar-refractivity contribution in [2.45, 2.75) is 32.6 Å². The van der Waals surface area contributed by atoms with Crippen LogP contribution in [-0.2, 0) is 4.79 Å². The molecule has 0 saturated heterocycles. The van der Waals surface area contributed by atoms with Crippen molar-refractivity contribution in [3.8, 4) is 0 Å². The first-order valence-corrected chi connectivity index (χ1v) is 5.42. The van der Waals surface area contributed by atoms with Gasteiger partial charge in [-0.25, -0.2) is 0 Å². The summed E-state index contributed by atoms with van der Waals surface area (Å²) in [4.78, 5) is 11.2. The van der Waals surface area contributed by atoms with Crippen LogP contribution in [0, 0.1) is 5.92 Å². The molecule has 0 aromatic heterocycles. The van der Waals surface area contributed by atoms with E-state index >= 15 is 0 Å². The summed E-state index contributed by atoms with van der Waals surface area (Å²) in [6.07, 6.45) is 1.74. The summed E-state index contributed by atoms with van der Waals surface area (Å²) in [6.45, 7) is 4.19. The van der Waals surface area contributed by atoms with Crippen molar-refractivity contribution < 1.29 is 9.90 Å². The molecule has 2 unspecified atom stereocenters. The number of carboxylic acids is 1. The zero-order valence-corrected chi connectivity index (χ0v) is 9.31. The molecule has 0 fully saturated rings. The van der Waals surface area contributed by atoms with Crippen LogP contribution >= 0.6 is 0 Å². The Morgan fingerprint density at radius 2 is 1.93 bits per heavy atom. The molecule has 1 aromatic rings. The second-order valence-electron chi connectivity index (χ2n) is 4.05. The number of benzene rings is 1. The van der Waals surface area contributed by atoms with Crippen LogP contribution in [0.15, 0.2) is 30.3 Å². The lowest BCUT2D eigenvalue weighted by molar-refractivity contribution is -0.139. The fourth-order valence-corrected chi connectivity index (χ4v) is 1.63. The highest BCUT2D eigenvalue weighted by molar-refractivity contribution is 5.76. The zero-order valence-electron chi connectivity index (χ0n) is 9.31. The molecular weight excluding hydrogens is 188 g/mol. The van der Waals surface area contributed by atoms with Gasteiger partial charge in [0.1, 0.15) is 0 Å². The topological polar surface area (TPSA) is 37.3 Å². The quantitative estimate of drug-likeness (QED) is 0.802. The van der Waals surface area contributed by atoms with Crippen LogP contribution in [0.4, 0.5) is 0 Å². The fraction of sp³-hybridized carbons (Fsp3) is 0.462. The monoisotopic (exact) mass is 206 g/mol. The summed E-state index contributed by atoms with van der Waals surface area (Å²) in [7, 11) is 0. The maximum Gasteiger partial charge on any atom is 0.310 e. The van der Waals surface area contributed by atoms with E-state index in [0.717, 1.165) is 18.4 Å². The molecule has 1 N–H and O–H groups in total. The van der Waals surface area contributed by atoms with Gasteiger partial charge in [-0.2, -0.15) is 0 Å². The minimum absolute atomic E-state index is 0.360. The first kappa shape index (κ1) is 11.8. The van der Waals surface area contributed by atoms with Gasteiger partial charge in [0.25, 0.3) is 0 Å². The summed E-state index contributed by atoms with van der Waals surface area (Å²) in [5, 5.41) is 9.17. The fourth-order valence-electron chi connectivity index (χ4n) is 1.63. The predicted molar refractivity (Wildman–Crippen MR) is 60.9 cm³/mol. The van der Waals surface area contributed by atoms with Gasteiger partial charge in [-0.05, 0) is 17.9 Å². The molecular formula is C13H18O2. The molecule has 0 aliphatic carbocycles. The summed E-state index contributed by atoms with van der Waals surface area (Å²) in [6, 6.07) is 9.47. The largest absolute Gasteiger partial charge is 0.481 e. The van der Waals surface area contributed by atoms with Crippen molar-refractivity contribution in [2.24, 2.45) is 5.92 Å². The molecule has 0 saturated carbocycles. The molecule has 0 amide bonds. The molecule has 82 valence electrons. The predicted octanol–water partition coefficient (Wildman–Crippen LogP) is 3.29. The third-order valence-corrected chi connectivity index (χ3v) is 2.84. The maximum atomic E-state index is 11.2. The molecule has 0 aliphatic rings. The smallest absolute Gasteiger partial charge is 0.310 e. The van der Waals surface area contributed by atoms with E-state index in [9.17, 15) is 9.90 Å². The first-order valence-electron chi connectivity index (χ1n) is 5.42. The molecule has 0 radical (unpaired) electrons. The van der Waals surface area contributed by atoms with Crippen molar-refractivity contribution >= 4 is 5.97 Å². The molecule has 2 atom stereocenters. The Morgan fingerprint density at radius 3 is 2.40 bits per heavy atom. The number of hydrogen-bond acceptors (Lipinski definition) is 1. The summed E-state index contributed by atoms with van der Waals surface area (Å²) in [5.41, 5.74) is 0.908. The lowest BCUT2D eigenvalue weighted by atomic mass is 9.88. The number of carboxylic acid groups (broad SMARTS) is 1. The van der Waals surface area contributed by atoms with E-state index in [1.54, 1.807) is 0 Å². The molecule has 2 nitrogen and oxygen atoms in total. The Kier molecular flexibility index (Phi) is 4.35. The number of rotatable bonds is 5. The van der Waals surface area contributed by atoms with Crippen molar-refractivity contribution in [2.75, 3.05) is 0 Å². The van der Waals surface area contributed by atoms with Crippen LogP contribution in [0.1, 0.15) is 38.2 Å². The minimum Gasteiger partial charge on any atom is -0.481 e. The van der Waals surface area contributed by atoms with Crippen LogP contribution in [0.5, 0.6) is 0 Å². The van der Waals surface area contributed by atoms with Gasteiger partial charge < -0.3 is 5.11 Å². The normalized spacial score (nSPS) is 14.5. The Bertz CT molecular complexity index is 306. The molecule has 0 aliphatic heterocycles. The number of carbonyl (C=O) groups is 1. The van der Waals surface area contributed by atoms with Crippen molar-refractivity contribution in [3.05, 3.63) is 35.9 Å². The Morgan fingerprint density at radius 1 is 1.33 bits per heavy atom. The van der Waals surface area contributed by atoms with Gasteiger partial charge in [0.2, 0.25) is 0 Å². The van der Waals surface area contributed by atoms with Crippen LogP contribution < -0.4 is 0 Å². The van der Waals surface area contributed by atoms with Crippen molar-refractivity contribution in [1.29, 1.82) is 0 Å². The Labute approximate surface area is 90.9 Å². The minimum atomic E-state index is -0.721. The lowest BCUT2D eigenvalue weighted by Gasteiger charge is -2.16. The van der Waals surface area contributed by atoms with E-state index in [1.165, 1.54) is 0 Å². The summed E-state index contributed by atoms with van der Waals surface area (Å²) in [5.74, 6) is -0.631. The first-order chi connectivity index (χ1) is 7.15. The number of aliphatic carboxylic acids is 1. The average molecular weight is 206 g/mol. The second kappa shape index (κ2) is 5.54. The zero-order chi connectivity index (χ0) is 11.3. The van der Waals surface area contributed by atoms with Crippen LogP contribution in [0.2, 0.25) is 0 Å². The molecule has 15 heavy (non-hydrogen) atoms. The van der Waals surface area contributed by atoms with Gasteiger partial charge in [0.15, 0.2) is 0 Å². The van der Waals surface area contributed by atoms with Gasteiger partial charge in [-0.1, -0.05) is 50.6 Å². The summed E-state index contributed by atoms with van der Waals surface area (Å²) < 4.78 is 0.